The van der Waals surface area contributed by atoms with Gasteiger partial charge in [-0.05, 0) is 32.9 Å². The molecule has 0 bridgehead atoms. The van der Waals surface area contributed by atoms with Gasteiger partial charge in [0.05, 0.1) is 11.0 Å². The molecule has 0 heterocycles. The minimum Gasteiger partial charge on any atom is -0.320 e. The van der Waals surface area contributed by atoms with Crippen molar-refractivity contribution in [3.63, 3.8) is 0 Å². The van der Waals surface area contributed by atoms with Crippen molar-refractivity contribution >= 4 is 9.84 Å². The number of sulfone groups is 1. The zero-order chi connectivity index (χ0) is 10.5. The predicted octanol–water partition coefficient (Wildman–Crippen LogP) is 1.06. The third-order valence-electron chi connectivity index (χ3n) is 2.36. The maximum absolute atomic E-state index is 11.6. The monoisotopic (exact) mass is 207 g/mol. The van der Waals surface area contributed by atoms with Crippen LogP contribution < -0.4 is 5.32 Å². The molecule has 1 atom stereocenters. The highest BCUT2D eigenvalue weighted by Gasteiger charge is 2.22. The van der Waals surface area contributed by atoms with E-state index in [1.807, 2.05) is 20.9 Å². The first-order chi connectivity index (χ1) is 5.91. The van der Waals surface area contributed by atoms with Crippen LogP contribution in [0.2, 0.25) is 0 Å². The Kier molecular flexibility index (Phi) is 5.56. The van der Waals surface area contributed by atoms with Crippen molar-refractivity contribution in [1.82, 2.24) is 5.32 Å². The van der Waals surface area contributed by atoms with Crippen LogP contribution in [0.1, 0.15) is 27.2 Å². The van der Waals surface area contributed by atoms with E-state index in [1.165, 1.54) is 0 Å². The van der Waals surface area contributed by atoms with Gasteiger partial charge in [0.1, 0.15) is 0 Å². The van der Waals surface area contributed by atoms with Gasteiger partial charge in [0, 0.05) is 0 Å². The molecule has 0 radical (unpaired) electrons. The molecule has 0 aliphatic rings. The van der Waals surface area contributed by atoms with Crippen LogP contribution >= 0.6 is 0 Å². The first-order valence-electron chi connectivity index (χ1n) is 4.78. The smallest absolute Gasteiger partial charge is 0.153 e. The molecule has 4 heteroatoms. The molecule has 1 unspecified atom stereocenters. The van der Waals surface area contributed by atoms with E-state index in [0.717, 1.165) is 6.54 Å². The largest absolute Gasteiger partial charge is 0.320 e. The maximum atomic E-state index is 11.6. The molecule has 0 aliphatic carbocycles. The first-order valence-corrected chi connectivity index (χ1v) is 6.49. The van der Waals surface area contributed by atoms with Crippen LogP contribution in [0.5, 0.6) is 0 Å². The van der Waals surface area contributed by atoms with Gasteiger partial charge in [-0.15, -0.1) is 0 Å². The van der Waals surface area contributed by atoms with E-state index in [2.05, 4.69) is 5.32 Å². The van der Waals surface area contributed by atoms with E-state index < -0.39 is 9.84 Å². The average molecular weight is 207 g/mol. The SMILES string of the molecule is CNCCCS(=O)(=O)C(C)C(C)C. The third-order valence-corrected chi connectivity index (χ3v) is 4.90. The first kappa shape index (κ1) is 12.9. The molecular formula is C9H21NO2S. The van der Waals surface area contributed by atoms with Crippen LogP contribution in [-0.2, 0) is 9.84 Å². The minimum absolute atomic E-state index is 0.208. The second-order valence-corrected chi connectivity index (χ2v) is 6.25. The van der Waals surface area contributed by atoms with Gasteiger partial charge >= 0.3 is 0 Å². The highest BCUT2D eigenvalue weighted by molar-refractivity contribution is 7.92. The Morgan fingerprint density at radius 3 is 2.15 bits per heavy atom. The second-order valence-electron chi connectivity index (χ2n) is 3.77. The number of nitrogens with one attached hydrogen (secondary N) is 1. The topological polar surface area (TPSA) is 46.2 Å². The summed E-state index contributed by atoms with van der Waals surface area (Å²) < 4.78 is 23.2. The molecule has 0 aliphatic heterocycles. The zero-order valence-electron chi connectivity index (χ0n) is 9.00. The molecule has 1 N–H and O–H groups in total. The van der Waals surface area contributed by atoms with Gasteiger partial charge < -0.3 is 5.32 Å². The average Bonchev–Trinajstić information content (AvgIpc) is 2.03. The molecule has 0 aromatic carbocycles. The highest BCUT2D eigenvalue weighted by atomic mass is 32.2. The van der Waals surface area contributed by atoms with Gasteiger partial charge in [-0.2, -0.15) is 0 Å². The van der Waals surface area contributed by atoms with Crippen LogP contribution in [0.3, 0.4) is 0 Å². The number of hydrogen-bond donors (Lipinski definition) is 1. The van der Waals surface area contributed by atoms with E-state index >= 15 is 0 Å². The molecule has 3 nitrogen and oxygen atoms in total. The summed E-state index contributed by atoms with van der Waals surface area (Å²) in [7, 11) is -1.04. The van der Waals surface area contributed by atoms with Gasteiger partial charge in [0.25, 0.3) is 0 Å². The molecule has 0 saturated carbocycles. The van der Waals surface area contributed by atoms with E-state index in [4.69, 9.17) is 0 Å². The van der Waals surface area contributed by atoms with Crippen molar-refractivity contribution < 1.29 is 8.42 Å². The van der Waals surface area contributed by atoms with Gasteiger partial charge in [-0.1, -0.05) is 13.8 Å². The summed E-state index contributed by atoms with van der Waals surface area (Å²) in [5.74, 6) is 0.507. The van der Waals surface area contributed by atoms with Crippen LogP contribution in [0, 0.1) is 5.92 Å². The lowest BCUT2D eigenvalue weighted by Gasteiger charge is -2.15. The standard InChI is InChI=1S/C9H21NO2S/c1-8(2)9(3)13(11,12)7-5-6-10-4/h8-10H,5-7H2,1-4H3. The molecule has 0 fully saturated rings. The molecule has 0 aromatic heterocycles. The Balaban J connectivity index is 4.08. The molecule has 0 amide bonds. The molecule has 80 valence electrons. The number of hydrogen-bond acceptors (Lipinski definition) is 3. The normalized spacial score (nSPS) is 14.8. The third kappa shape index (κ3) is 4.62. The van der Waals surface area contributed by atoms with Crippen LogP contribution in [0.25, 0.3) is 0 Å². The van der Waals surface area contributed by atoms with E-state index in [-0.39, 0.29) is 11.2 Å². The fourth-order valence-corrected chi connectivity index (χ4v) is 2.80. The van der Waals surface area contributed by atoms with Crippen LogP contribution in [0.15, 0.2) is 0 Å². The fourth-order valence-electron chi connectivity index (χ4n) is 1.05. The molecule has 0 aromatic rings. The second kappa shape index (κ2) is 5.60. The Hall–Kier alpha value is -0.0900. The molecule has 13 heavy (non-hydrogen) atoms. The number of rotatable bonds is 6. The van der Waals surface area contributed by atoms with E-state index in [9.17, 15) is 8.42 Å². The van der Waals surface area contributed by atoms with Crippen molar-refractivity contribution in [2.24, 2.45) is 5.92 Å². The van der Waals surface area contributed by atoms with Crippen molar-refractivity contribution in [3.8, 4) is 0 Å². The minimum atomic E-state index is -2.87. The van der Waals surface area contributed by atoms with Gasteiger partial charge in [-0.3, -0.25) is 0 Å². The predicted molar refractivity (Wildman–Crippen MR) is 56.6 cm³/mol. The summed E-state index contributed by atoms with van der Waals surface area (Å²) in [6.45, 7) is 6.45. The lowest BCUT2D eigenvalue weighted by molar-refractivity contribution is 0.543. The van der Waals surface area contributed by atoms with Crippen molar-refractivity contribution in [2.75, 3.05) is 19.3 Å². The fraction of sp³-hybridized carbons (Fsp3) is 1.00. The van der Waals surface area contributed by atoms with Crippen molar-refractivity contribution in [3.05, 3.63) is 0 Å². The maximum Gasteiger partial charge on any atom is 0.153 e. The Morgan fingerprint density at radius 1 is 1.23 bits per heavy atom. The Morgan fingerprint density at radius 2 is 1.77 bits per heavy atom. The summed E-state index contributed by atoms with van der Waals surface area (Å²) in [6, 6.07) is 0. The van der Waals surface area contributed by atoms with Crippen molar-refractivity contribution in [1.29, 1.82) is 0 Å². The molecular weight excluding hydrogens is 186 g/mol. The van der Waals surface area contributed by atoms with Crippen LogP contribution in [-0.4, -0.2) is 33.0 Å². The summed E-state index contributed by atoms with van der Waals surface area (Å²) in [4.78, 5) is 0. The summed E-state index contributed by atoms with van der Waals surface area (Å²) in [5, 5.41) is 2.73. The molecule has 0 rings (SSSR count). The summed E-state index contributed by atoms with van der Waals surface area (Å²) in [5.41, 5.74) is 0. The Bertz CT molecular complexity index is 222. The zero-order valence-corrected chi connectivity index (χ0v) is 9.82. The van der Waals surface area contributed by atoms with Crippen LogP contribution in [0.4, 0.5) is 0 Å². The summed E-state index contributed by atoms with van der Waals surface area (Å²) in [6.07, 6.45) is 0.704. The lowest BCUT2D eigenvalue weighted by atomic mass is 10.2. The summed E-state index contributed by atoms with van der Waals surface area (Å²) >= 11 is 0. The molecule has 0 saturated heterocycles. The molecule has 0 spiro atoms. The van der Waals surface area contributed by atoms with E-state index in [1.54, 1.807) is 6.92 Å². The quantitative estimate of drug-likeness (QED) is 0.662. The highest BCUT2D eigenvalue weighted by Crippen LogP contribution is 2.12. The van der Waals surface area contributed by atoms with Crippen molar-refractivity contribution in [2.45, 2.75) is 32.4 Å². The Labute approximate surface area is 81.8 Å². The van der Waals surface area contributed by atoms with Gasteiger partial charge in [0.15, 0.2) is 9.84 Å². The lowest BCUT2D eigenvalue weighted by Crippen LogP contribution is -2.27. The van der Waals surface area contributed by atoms with Gasteiger partial charge in [0.2, 0.25) is 0 Å². The van der Waals surface area contributed by atoms with E-state index in [0.29, 0.717) is 12.2 Å². The van der Waals surface area contributed by atoms with Gasteiger partial charge in [-0.25, -0.2) is 8.42 Å².